The van der Waals surface area contributed by atoms with Gasteiger partial charge in [-0.2, -0.15) is 5.10 Å². The molecule has 1 fully saturated rings. The minimum Gasteiger partial charge on any atom is -0.323 e. The topological polar surface area (TPSA) is 53.1 Å². The summed E-state index contributed by atoms with van der Waals surface area (Å²) < 4.78 is 0. The van der Waals surface area contributed by atoms with Crippen molar-refractivity contribution in [3.8, 4) is 0 Å². The van der Waals surface area contributed by atoms with Gasteiger partial charge in [-0.3, -0.25) is 10.1 Å². The van der Waals surface area contributed by atoms with Crippen LogP contribution in [0.25, 0.3) is 10.9 Å². The molecule has 1 aromatic carbocycles. The summed E-state index contributed by atoms with van der Waals surface area (Å²) in [6, 6.07) is 8.51. The highest BCUT2D eigenvalue weighted by Crippen LogP contribution is 2.41. The van der Waals surface area contributed by atoms with E-state index in [1.165, 1.54) is 18.4 Å². The molecule has 1 saturated carbocycles. The molecular weight excluding hydrogens is 248 g/mol. The zero-order chi connectivity index (χ0) is 13.5. The van der Waals surface area contributed by atoms with Gasteiger partial charge in [-0.1, -0.05) is 19.1 Å². The predicted molar refractivity (Wildman–Crippen MR) is 82.0 cm³/mol. The fraction of sp³-hybridized carbons (Fsp3) is 0.375. The van der Waals surface area contributed by atoms with Gasteiger partial charge in [0.2, 0.25) is 0 Å². The Morgan fingerprint density at radius 2 is 2.15 bits per heavy atom. The van der Waals surface area contributed by atoms with Crippen LogP contribution in [0.15, 0.2) is 40.9 Å². The zero-order valence-electron chi connectivity index (χ0n) is 11.6. The number of anilines is 1. The van der Waals surface area contributed by atoms with E-state index in [2.05, 4.69) is 34.6 Å². The molecule has 0 radical (unpaired) electrons. The zero-order valence-corrected chi connectivity index (χ0v) is 11.6. The Morgan fingerprint density at radius 3 is 2.95 bits per heavy atom. The van der Waals surface area contributed by atoms with Crippen molar-refractivity contribution in [3.63, 3.8) is 0 Å². The third kappa shape index (κ3) is 1.92. The van der Waals surface area contributed by atoms with Gasteiger partial charge in [0.05, 0.1) is 11.6 Å². The highest BCUT2D eigenvalue weighted by atomic mass is 15.2. The average Bonchev–Trinajstić information content (AvgIpc) is 3.13. The lowest BCUT2D eigenvalue weighted by molar-refractivity contribution is 0.709. The Labute approximate surface area is 118 Å². The largest absolute Gasteiger partial charge is 0.323 e. The van der Waals surface area contributed by atoms with Crippen molar-refractivity contribution < 1.29 is 0 Å². The molecule has 20 heavy (non-hydrogen) atoms. The highest BCUT2D eigenvalue weighted by molar-refractivity contribution is 6.09. The Morgan fingerprint density at radius 1 is 1.30 bits per heavy atom. The van der Waals surface area contributed by atoms with Gasteiger partial charge in [-0.05, 0) is 49.0 Å². The average molecular weight is 266 g/mol. The van der Waals surface area contributed by atoms with E-state index in [0.717, 1.165) is 34.9 Å². The molecule has 4 nitrogen and oxygen atoms in total. The quantitative estimate of drug-likeness (QED) is 0.893. The molecule has 2 heterocycles. The number of nitrogens with zero attached hydrogens (tertiary/aromatic N) is 2. The molecule has 0 amide bonds. The third-order valence-electron chi connectivity index (χ3n) is 4.14. The van der Waals surface area contributed by atoms with Crippen LogP contribution in [0.5, 0.6) is 0 Å². The molecule has 4 rings (SSSR count). The van der Waals surface area contributed by atoms with Gasteiger partial charge in [0.15, 0.2) is 5.82 Å². The number of fused-ring (bicyclic) bond motifs is 1. The second kappa shape index (κ2) is 4.47. The Balaban J connectivity index is 1.63. The summed E-state index contributed by atoms with van der Waals surface area (Å²) in [6.45, 7) is 2.21. The molecular formula is C16H18N4. The van der Waals surface area contributed by atoms with Gasteiger partial charge in [0.25, 0.3) is 0 Å². The van der Waals surface area contributed by atoms with E-state index in [1.807, 2.05) is 18.2 Å². The Hall–Kier alpha value is -2.10. The number of benzene rings is 1. The first-order valence-electron chi connectivity index (χ1n) is 7.34. The monoisotopic (exact) mass is 266 g/mol. The van der Waals surface area contributed by atoms with Gasteiger partial charge in [0, 0.05) is 5.39 Å². The van der Waals surface area contributed by atoms with Gasteiger partial charge < -0.3 is 5.32 Å². The number of aliphatic imine (C=N–C) groups is 1. The lowest BCUT2D eigenvalue weighted by Gasteiger charge is -2.07. The van der Waals surface area contributed by atoms with Crippen LogP contribution in [-0.2, 0) is 0 Å². The van der Waals surface area contributed by atoms with Crippen LogP contribution in [0.4, 0.5) is 5.82 Å². The summed E-state index contributed by atoms with van der Waals surface area (Å²) in [5, 5.41) is 11.9. The third-order valence-corrected chi connectivity index (χ3v) is 4.14. The van der Waals surface area contributed by atoms with Crippen molar-refractivity contribution >= 4 is 22.6 Å². The number of hydrogen-bond donors (Lipinski definition) is 2. The van der Waals surface area contributed by atoms with Crippen molar-refractivity contribution in [1.82, 2.24) is 10.2 Å². The molecule has 1 unspecified atom stereocenters. The standard InChI is InChI=1S/C16H18N4/c1-2-13-12(10-7-8-10)9-15(17-13)18-16-11-5-3-4-6-14(11)19-20-16/h3-6,9-10,13H,2,7-8H2,1H3,(H2,17,18,19,20). The molecule has 0 saturated heterocycles. The van der Waals surface area contributed by atoms with Crippen LogP contribution in [0.2, 0.25) is 0 Å². The van der Waals surface area contributed by atoms with Crippen LogP contribution in [-0.4, -0.2) is 22.1 Å². The maximum atomic E-state index is 4.79. The lowest BCUT2D eigenvalue weighted by Crippen LogP contribution is -2.08. The highest BCUT2D eigenvalue weighted by Gasteiger charge is 2.33. The summed E-state index contributed by atoms with van der Waals surface area (Å²) in [5.41, 5.74) is 2.56. The minimum atomic E-state index is 0.371. The molecule has 4 heteroatoms. The number of nitrogens with one attached hydrogen (secondary N) is 2. The molecule has 1 atom stereocenters. The van der Waals surface area contributed by atoms with Gasteiger partial charge in [-0.15, -0.1) is 0 Å². The summed E-state index contributed by atoms with van der Waals surface area (Å²) >= 11 is 0. The first kappa shape index (κ1) is 11.7. The Kier molecular flexibility index (Phi) is 2.62. The molecule has 2 N–H and O–H groups in total. The maximum Gasteiger partial charge on any atom is 0.161 e. The van der Waals surface area contributed by atoms with Crippen molar-refractivity contribution in [1.29, 1.82) is 0 Å². The first-order chi connectivity index (χ1) is 9.85. The number of para-hydroxylation sites is 1. The van der Waals surface area contributed by atoms with Crippen LogP contribution in [0.1, 0.15) is 26.2 Å². The molecule has 1 aromatic heterocycles. The maximum absolute atomic E-state index is 4.79. The number of aromatic nitrogens is 2. The van der Waals surface area contributed by atoms with E-state index in [1.54, 1.807) is 0 Å². The Bertz CT molecular complexity index is 706. The number of amidine groups is 1. The number of rotatable bonds is 3. The second-order valence-corrected chi connectivity index (χ2v) is 5.60. The summed E-state index contributed by atoms with van der Waals surface area (Å²) in [5.74, 6) is 2.59. The summed E-state index contributed by atoms with van der Waals surface area (Å²) in [6.07, 6.45) is 5.97. The molecule has 1 aliphatic carbocycles. The molecule has 2 aromatic rings. The van der Waals surface area contributed by atoms with Gasteiger partial charge >= 0.3 is 0 Å². The fourth-order valence-electron chi connectivity index (χ4n) is 2.92. The van der Waals surface area contributed by atoms with Gasteiger partial charge in [-0.25, -0.2) is 0 Å². The molecule has 0 bridgehead atoms. The van der Waals surface area contributed by atoms with Crippen LogP contribution in [0, 0.1) is 5.92 Å². The number of aromatic amines is 1. The van der Waals surface area contributed by atoms with Crippen molar-refractivity contribution in [2.24, 2.45) is 10.9 Å². The van der Waals surface area contributed by atoms with Crippen molar-refractivity contribution in [3.05, 3.63) is 35.9 Å². The molecule has 1 aliphatic heterocycles. The first-order valence-corrected chi connectivity index (χ1v) is 7.34. The number of hydrogen-bond acceptors (Lipinski definition) is 3. The predicted octanol–water partition coefficient (Wildman–Crippen LogP) is 3.50. The SMILES string of the molecule is CCC1N=C(Nc2n[nH]c3ccccc23)C=C1C1CC1. The molecule has 2 aliphatic rings. The van der Waals surface area contributed by atoms with Gasteiger partial charge in [0.1, 0.15) is 5.84 Å². The fourth-order valence-corrected chi connectivity index (χ4v) is 2.92. The number of H-pyrrole nitrogens is 1. The van der Waals surface area contributed by atoms with E-state index < -0.39 is 0 Å². The second-order valence-electron chi connectivity index (χ2n) is 5.60. The van der Waals surface area contributed by atoms with E-state index in [0.29, 0.717) is 6.04 Å². The van der Waals surface area contributed by atoms with Crippen molar-refractivity contribution in [2.75, 3.05) is 5.32 Å². The van der Waals surface area contributed by atoms with E-state index in [4.69, 9.17) is 4.99 Å². The van der Waals surface area contributed by atoms with Crippen molar-refractivity contribution in [2.45, 2.75) is 32.2 Å². The molecule has 0 spiro atoms. The van der Waals surface area contributed by atoms with E-state index in [9.17, 15) is 0 Å². The van der Waals surface area contributed by atoms with Crippen LogP contribution >= 0.6 is 0 Å². The van der Waals surface area contributed by atoms with E-state index >= 15 is 0 Å². The smallest absolute Gasteiger partial charge is 0.161 e. The minimum absolute atomic E-state index is 0.371. The van der Waals surface area contributed by atoms with Crippen LogP contribution < -0.4 is 5.32 Å². The lowest BCUT2D eigenvalue weighted by atomic mass is 10.0. The van der Waals surface area contributed by atoms with E-state index in [-0.39, 0.29) is 0 Å². The normalized spacial score (nSPS) is 21.9. The molecule has 102 valence electrons. The summed E-state index contributed by atoms with van der Waals surface area (Å²) in [4.78, 5) is 4.79. The van der Waals surface area contributed by atoms with Crippen LogP contribution in [0.3, 0.4) is 0 Å². The summed E-state index contributed by atoms with van der Waals surface area (Å²) in [7, 11) is 0.